The summed E-state index contributed by atoms with van der Waals surface area (Å²) in [7, 11) is -4.03. The van der Waals surface area contributed by atoms with Gasteiger partial charge in [-0.3, -0.25) is 14.4 Å². The number of ether oxygens (including phenoxy) is 1. The fourth-order valence-electron chi connectivity index (χ4n) is 5.35. The van der Waals surface area contributed by atoms with E-state index in [-0.39, 0.29) is 24.7 Å². The van der Waals surface area contributed by atoms with Crippen molar-refractivity contribution in [1.82, 2.24) is 9.62 Å². The summed E-state index contributed by atoms with van der Waals surface area (Å²) in [6, 6.07) is 7.23. The molecule has 2 N–H and O–H groups in total. The van der Waals surface area contributed by atoms with E-state index in [1.54, 1.807) is 30.3 Å². The number of carbonyl (C=O) groups excluding carboxylic acids is 3. The average molecular weight is 495 g/mol. The standard InChI is InChI=1S/C23H30N2O8S/c1-22(2)16-9-10-23(22,19(27)11-16)25(34(3,31)32)13-18(26)17(12-20(28)29)24-21(30)33-14-15-7-5-4-6-8-15/h4-8,16-17H,9-14H2,1-3H3,(H,24,30)(H,28,29)/t16?,17?,23-/m0/s1. The van der Waals surface area contributed by atoms with Gasteiger partial charge in [0, 0.05) is 6.42 Å². The molecule has 2 aliphatic carbocycles. The Kier molecular flexibility index (Phi) is 7.18. The van der Waals surface area contributed by atoms with Crippen LogP contribution in [-0.4, -0.2) is 65.8 Å². The first-order valence-electron chi connectivity index (χ1n) is 11.0. The number of ketones is 2. The number of carboxylic acid groups (broad SMARTS) is 1. The molecule has 11 heteroatoms. The molecule has 0 heterocycles. The summed E-state index contributed by atoms with van der Waals surface area (Å²) < 4.78 is 31.6. The number of nitrogens with zero attached hydrogens (tertiary/aromatic N) is 1. The summed E-state index contributed by atoms with van der Waals surface area (Å²) in [5.74, 6) is -2.43. The number of carbonyl (C=O) groups is 4. The minimum atomic E-state index is -4.03. The van der Waals surface area contributed by atoms with Crippen LogP contribution in [0.1, 0.15) is 45.1 Å². The van der Waals surface area contributed by atoms with E-state index in [1.807, 2.05) is 13.8 Å². The van der Waals surface area contributed by atoms with Crippen LogP contribution in [0.3, 0.4) is 0 Å². The Morgan fingerprint density at radius 2 is 1.88 bits per heavy atom. The molecule has 1 aromatic carbocycles. The van der Waals surface area contributed by atoms with Gasteiger partial charge < -0.3 is 15.2 Å². The first-order valence-corrected chi connectivity index (χ1v) is 12.9. The normalized spacial score (nSPS) is 24.1. The fraction of sp³-hybridized carbons (Fsp3) is 0.565. The van der Waals surface area contributed by atoms with E-state index in [1.165, 1.54) is 0 Å². The molecule has 0 aliphatic heterocycles. The maximum absolute atomic E-state index is 13.1. The van der Waals surface area contributed by atoms with Crippen LogP contribution in [0.4, 0.5) is 4.79 Å². The molecule has 2 aliphatic rings. The molecule has 2 unspecified atom stereocenters. The van der Waals surface area contributed by atoms with Gasteiger partial charge in [0.15, 0.2) is 11.6 Å². The minimum absolute atomic E-state index is 0.000239. The molecule has 2 saturated carbocycles. The molecule has 1 amide bonds. The monoisotopic (exact) mass is 494 g/mol. The zero-order valence-corrected chi connectivity index (χ0v) is 20.3. The number of Topliss-reactive ketones (excluding diaryl/α,β-unsaturated/α-hetero) is 2. The van der Waals surface area contributed by atoms with E-state index in [4.69, 9.17) is 4.74 Å². The van der Waals surface area contributed by atoms with Crippen molar-refractivity contribution >= 4 is 33.7 Å². The first kappa shape index (κ1) is 25.8. The molecule has 3 rings (SSSR count). The summed E-state index contributed by atoms with van der Waals surface area (Å²) in [4.78, 5) is 49.8. The summed E-state index contributed by atoms with van der Waals surface area (Å²) in [6.45, 7) is 2.83. The summed E-state index contributed by atoms with van der Waals surface area (Å²) in [5.41, 5.74) is -1.36. The van der Waals surface area contributed by atoms with Crippen LogP contribution < -0.4 is 5.32 Å². The molecule has 34 heavy (non-hydrogen) atoms. The lowest BCUT2D eigenvalue weighted by Gasteiger charge is -2.44. The van der Waals surface area contributed by atoms with Gasteiger partial charge in [-0.25, -0.2) is 13.2 Å². The molecule has 0 spiro atoms. The van der Waals surface area contributed by atoms with Crippen LogP contribution in [0.15, 0.2) is 30.3 Å². The van der Waals surface area contributed by atoms with Crippen molar-refractivity contribution in [2.75, 3.05) is 12.8 Å². The second kappa shape index (κ2) is 9.46. The van der Waals surface area contributed by atoms with Gasteiger partial charge in [-0.05, 0) is 29.7 Å². The van der Waals surface area contributed by atoms with Crippen molar-refractivity contribution in [1.29, 1.82) is 0 Å². The molecule has 10 nitrogen and oxygen atoms in total. The van der Waals surface area contributed by atoms with Gasteiger partial charge in [0.05, 0.1) is 24.8 Å². The zero-order valence-electron chi connectivity index (χ0n) is 19.4. The number of nitrogens with one attached hydrogen (secondary N) is 1. The second-order valence-electron chi connectivity index (χ2n) is 9.54. The van der Waals surface area contributed by atoms with Crippen LogP contribution in [-0.2, 0) is 35.8 Å². The smallest absolute Gasteiger partial charge is 0.408 e. The van der Waals surface area contributed by atoms with Gasteiger partial charge >= 0.3 is 12.1 Å². The van der Waals surface area contributed by atoms with Gasteiger partial charge in [-0.2, -0.15) is 4.31 Å². The van der Waals surface area contributed by atoms with Gasteiger partial charge in [0.25, 0.3) is 0 Å². The van der Waals surface area contributed by atoms with Crippen molar-refractivity contribution in [2.24, 2.45) is 11.3 Å². The number of carboxylic acids is 1. The number of fused-ring (bicyclic) bond motifs is 2. The fourth-order valence-corrected chi connectivity index (χ4v) is 6.71. The zero-order chi connectivity index (χ0) is 25.3. The first-order chi connectivity index (χ1) is 15.8. The largest absolute Gasteiger partial charge is 0.481 e. The lowest BCUT2D eigenvalue weighted by Crippen LogP contribution is -2.62. The van der Waals surface area contributed by atoms with Crippen molar-refractivity contribution in [3.8, 4) is 0 Å². The number of rotatable bonds is 10. The number of benzene rings is 1. The molecule has 0 saturated heterocycles. The van der Waals surface area contributed by atoms with E-state index in [0.717, 1.165) is 10.6 Å². The van der Waals surface area contributed by atoms with E-state index in [9.17, 15) is 32.7 Å². The molecular formula is C23H30N2O8S. The highest BCUT2D eigenvalue weighted by atomic mass is 32.2. The summed E-state index contributed by atoms with van der Waals surface area (Å²) in [6.07, 6.45) is 0.338. The number of hydrogen-bond acceptors (Lipinski definition) is 7. The minimum Gasteiger partial charge on any atom is -0.481 e. The van der Waals surface area contributed by atoms with Crippen molar-refractivity contribution in [3.05, 3.63) is 35.9 Å². The Morgan fingerprint density at radius 3 is 2.38 bits per heavy atom. The van der Waals surface area contributed by atoms with Crippen LogP contribution in [0.2, 0.25) is 0 Å². The highest BCUT2D eigenvalue weighted by Gasteiger charge is 2.68. The van der Waals surface area contributed by atoms with Crippen molar-refractivity contribution in [3.63, 3.8) is 0 Å². The third kappa shape index (κ3) is 4.85. The molecule has 0 radical (unpaired) electrons. The second-order valence-corrected chi connectivity index (χ2v) is 11.4. The highest BCUT2D eigenvalue weighted by Crippen LogP contribution is 2.61. The Labute approximate surface area is 198 Å². The molecule has 186 valence electrons. The topological polar surface area (TPSA) is 147 Å². The van der Waals surface area contributed by atoms with Crippen molar-refractivity contribution < 1.29 is 37.4 Å². The van der Waals surface area contributed by atoms with Gasteiger partial charge in [-0.1, -0.05) is 44.2 Å². The molecular weight excluding hydrogens is 464 g/mol. The van der Waals surface area contributed by atoms with Crippen LogP contribution in [0.25, 0.3) is 0 Å². The highest BCUT2D eigenvalue weighted by molar-refractivity contribution is 7.88. The van der Waals surface area contributed by atoms with E-state index in [0.29, 0.717) is 18.4 Å². The van der Waals surface area contributed by atoms with Gasteiger partial charge in [-0.15, -0.1) is 0 Å². The number of sulfonamides is 1. The lowest BCUT2D eigenvalue weighted by atomic mass is 9.75. The van der Waals surface area contributed by atoms with Gasteiger partial charge in [0.1, 0.15) is 12.6 Å². The van der Waals surface area contributed by atoms with Gasteiger partial charge in [0.2, 0.25) is 10.0 Å². The third-order valence-electron chi connectivity index (χ3n) is 7.23. The number of amides is 1. The van der Waals surface area contributed by atoms with E-state index in [2.05, 4.69) is 5.32 Å². The Bertz CT molecular complexity index is 1090. The van der Waals surface area contributed by atoms with E-state index < -0.39 is 57.8 Å². The summed E-state index contributed by atoms with van der Waals surface area (Å²) >= 11 is 0. The maximum Gasteiger partial charge on any atom is 0.408 e. The molecule has 2 fully saturated rings. The average Bonchev–Trinajstić information content (AvgIpc) is 3.10. The Balaban J connectivity index is 1.79. The maximum atomic E-state index is 13.1. The molecule has 3 atom stereocenters. The van der Waals surface area contributed by atoms with E-state index >= 15 is 0 Å². The predicted molar refractivity (Wildman–Crippen MR) is 121 cm³/mol. The summed E-state index contributed by atoms with van der Waals surface area (Å²) in [5, 5.41) is 11.5. The SMILES string of the molecule is CC1(C)C2CC[C@]1(N(CC(=O)C(CC(=O)O)NC(=O)OCc1ccccc1)S(C)(=O)=O)C(=O)C2. The molecule has 2 bridgehead atoms. The number of alkyl carbamates (subject to hydrolysis) is 1. The van der Waals surface area contributed by atoms with Crippen LogP contribution in [0, 0.1) is 11.3 Å². The van der Waals surface area contributed by atoms with Crippen LogP contribution >= 0.6 is 0 Å². The molecule has 0 aromatic heterocycles. The Morgan fingerprint density at radius 1 is 1.24 bits per heavy atom. The lowest BCUT2D eigenvalue weighted by molar-refractivity contribution is -0.140. The predicted octanol–water partition coefficient (Wildman–Crippen LogP) is 1.73. The van der Waals surface area contributed by atoms with Crippen LogP contribution in [0.5, 0.6) is 0 Å². The number of aliphatic carboxylic acids is 1. The quantitative estimate of drug-likeness (QED) is 0.500. The molecule has 1 aromatic rings. The number of hydrogen-bond donors (Lipinski definition) is 2. The Hall–Kier alpha value is -2.79. The van der Waals surface area contributed by atoms with Crippen molar-refractivity contribution in [2.45, 2.75) is 57.7 Å². The third-order valence-corrected chi connectivity index (χ3v) is 8.47.